The fourth-order valence-electron chi connectivity index (χ4n) is 9.16. The van der Waals surface area contributed by atoms with E-state index in [4.69, 9.17) is 4.74 Å². The number of esters is 1. The zero-order valence-electron chi connectivity index (χ0n) is 19.9. The van der Waals surface area contributed by atoms with Gasteiger partial charge in [-0.2, -0.15) is 0 Å². The highest BCUT2D eigenvalue weighted by Gasteiger charge is 2.57. The molecule has 172 valence electrons. The van der Waals surface area contributed by atoms with Crippen LogP contribution in [0, 0.1) is 52.8 Å². The van der Waals surface area contributed by atoms with Crippen molar-refractivity contribution in [2.24, 2.45) is 52.8 Å². The van der Waals surface area contributed by atoms with Crippen molar-refractivity contribution in [2.75, 3.05) is 7.11 Å². The molecule has 4 rings (SSSR count). The van der Waals surface area contributed by atoms with Crippen LogP contribution in [-0.4, -0.2) is 24.3 Å². The van der Waals surface area contributed by atoms with Gasteiger partial charge in [0.25, 0.3) is 0 Å². The smallest absolute Gasteiger partial charge is 0.305 e. The number of carbonyl (C=O) groups excluding carboxylic acids is 1. The molecule has 1 N–H and O–H groups in total. The molecule has 0 aromatic rings. The minimum atomic E-state index is -0.0771. The van der Waals surface area contributed by atoms with Gasteiger partial charge in [0.15, 0.2) is 0 Å². The molecule has 0 aromatic carbocycles. The molecule has 10 atom stereocenters. The van der Waals surface area contributed by atoms with Crippen LogP contribution in [0.1, 0.15) is 97.8 Å². The normalized spacial score (nSPS) is 45.0. The van der Waals surface area contributed by atoms with E-state index in [9.17, 15) is 9.90 Å². The molecule has 4 aliphatic carbocycles. The second-order valence-electron chi connectivity index (χ2n) is 11.8. The highest BCUT2D eigenvalue weighted by atomic mass is 16.5. The largest absolute Gasteiger partial charge is 0.469 e. The molecule has 30 heavy (non-hydrogen) atoms. The summed E-state index contributed by atoms with van der Waals surface area (Å²) in [7, 11) is 1.51. The lowest BCUT2D eigenvalue weighted by Gasteiger charge is -2.57. The van der Waals surface area contributed by atoms with E-state index >= 15 is 0 Å². The van der Waals surface area contributed by atoms with Crippen LogP contribution in [0.4, 0.5) is 0 Å². The van der Waals surface area contributed by atoms with Crippen molar-refractivity contribution in [3.8, 4) is 0 Å². The summed E-state index contributed by atoms with van der Waals surface area (Å²) >= 11 is 0. The van der Waals surface area contributed by atoms with Crippen molar-refractivity contribution in [1.29, 1.82) is 0 Å². The Morgan fingerprint density at radius 3 is 2.57 bits per heavy atom. The van der Waals surface area contributed by atoms with Gasteiger partial charge in [-0.15, -0.1) is 0 Å². The predicted octanol–water partition coefficient (Wildman–Crippen LogP) is 6.23. The van der Waals surface area contributed by atoms with Gasteiger partial charge in [0, 0.05) is 6.42 Å². The molecular weight excluding hydrogens is 372 g/mol. The third kappa shape index (κ3) is 3.97. The van der Waals surface area contributed by atoms with E-state index in [-0.39, 0.29) is 12.1 Å². The number of methoxy groups -OCH3 is 1. The average molecular weight is 419 g/mol. The van der Waals surface area contributed by atoms with Gasteiger partial charge >= 0.3 is 5.97 Å². The minimum absolute atomic E-state index is 0.0512. The molecule has 3 nitrogen and oxygen atoms in total. The summed E-state index contributed by atoms with van der Waals surface area (Å²) in [6.45, 7) is 7.14. The monoisotopic (exact) mass is 418 g/mol. The summed E-state index contributed by atoms with van der Waals surface area (Å²) < 4.78 is 4.89. The molecule has 0 aromatic heterocycles. The van der Waals surface area contributed by atoms with Crippen molar-refractivity contribution >= 4 is 5.97 Å². The summed E-state index contributed by atoms with van der Waals surface area (Å²) in [4.78, 5) is 11.7. The number of rotatable bonds is 6. The molecule has 4 saturated carbocycles. The lowest BCUT2D eigenvalue weighted by Crippen LogP contribution is -2.49. The first-order valence-corrected chi connectivity index (χ1v) is 13.1. The predicted molar refractivity (Wildman–Crippen MR) is 121 cm³/mol. The van der Waals surface area contributed by atoms with E-state index in [0.29, 0.717) is 23.7 Å². The number of carbonyl (C=O) groups is 1. The van der Waals surface area contributed by atoms with Gasteiger partial charge in [-0.1, -0.05) is 20.8 Å². The maximum absolute atomic E-state index is 11.7. The zero-order valence-corrected chi connectivity index (χ0v) is 19.9. The summed E-state index contributed by atoms with van der Waals surface area (Å²) in [5.41, 5.74) is 0.473. The summed E-state index contributed by atoms with van der Waals surface area (Å²) in [6, 6.07) is 0. The fourth-order valence-corrected chi connectivity index (χ4v) is 9.16. The molecule has 2 unspecified atom stereocenters. The van der Waals surface area contributed by atoms with Gasteiger partial charge in [-0.3, -0.25) is 4.79 Å². The third-order valence-electron chi connectivity index (χ3n) is 10.8. The standard InChI is InChI=1S/C27H46O3/c1-5-25(28)19-8-7-18-9-10-21-20(22(18)16-19)14-15-27(3)23(11-12-24(21)27)17(2)6-13-26(29)30-4/h17-25,28H,5-16H2,1-4H3/t17-,18-,19?,20+,21-,22+,23-,24+,25?,27-/m1/s1. The molecular formula is C27H46O3. The van der Waals surface area contributed by atoms with Crippen LogP contribution < -0.4 is 0 Å². The van der Waals surface area contributed by atoms with Crippen molar-refractivity contribution in [3.63, 3.8) is 0 Å². The first-order valence-electron chi connectivity index (χ1n) is 13.1. The number of fused-ring (bicyclic) bond motifs is 5. The molecule has 4 aliphatic rings. The summed E-state index contributed by atoms with van der Waals surface area (Å²) in [6.07, 6.45) is 14.8. The average Bonchev–Trinajstić information content (AvgIpc) is 3.13. The zero-order chi connectivity index (χ0) is 21.5. The van der Waals surface area contributed by atoms with Crippen molar-refractivity contribution < 1.29 is 14.6 Å². The van der Waals surface area contributed by atoms with Crippen molar-refractivity contribution in [1.82, 2.24) is 0 Å². The van der Waals surface area contributed by atoms with Gasteiger partial charge in [0.1, 0.15) is 0 Å². The van der Waals surface area contributed by atoms with Gasteiger partial charge in [-0.05, 0) is 123 Å². The Morgan fingerprint density at radius 2 is 1.83 bits per heavy atom. The molecule has 3 heteroatoms. The van der Waals surface area contributed by atoms with E-state index in [0.717, 1.165) is 48.3 Å². The van der Waals surface area contributed by atoms with Gasteiger partial charge in [0.05, 0.1) is 13.2 Å². The number of ether oxygens (including phenoxy) is 1. The first kappa shape index (κ1) is 22.6. The van der Waals surface area contributed by atoms with E-state index in [1.165, 1.54) is 64.9 Å². The van der Waals surface area contributed by atoms with E-state index in [2.05, 4.69) is 20.8 Å². The first-order chi connectivity index (χ1) is 14.4. The Hall–Kier alpha value is -0.570. The molecule has 0 amide bonds. The Labute approximate surface area is 184 Å². The number of hydrogen-bond acceptors (Lipinski definition) is 3. The van der Waals surface area contributed by atoms with Crippen molar-refractivity contribution in [2.45, 2.75) is 104 Å². The maximum Gasteiger partial charge on any atom is 0.305 e. The molecule has 0 aliphatic heterocycles. The van der Waals surface area contributed by atoms with Gasteiger partial charge in [0.2, 0.25) is 0 Å². The summed E-state index contributed by atoms with van der Waals surface area (Å²) in [5.74, 6) is 6.42. The van der Waals surface area contributed by atoms with Crippen LogP contribution in [0.5, 0.6) is 0 Å². The lowest BCUT2D eigenvalue weighted by atomic mass is 9.48. The fraction of sp³-hybridized carbons (Fsp3) is 0.963. The third-order valence-corrected chi connectivity index (χ3v) is 10.8. The quantitative estimate of drug-likeness (QED) is 0.520. The maximum atomic E-state index is 11.7. The van der Waals surface area contributed by atoms with Gasteiger partial charge in [-0.25, -0.2) is 0 Å². The number of aliphatic hydroxyl groups excluding tert-OH is 1. The van der Waals surface area contributed by atoms with E-state index in [1.807, 2.05) is 0 Å². The van der Waals surface area contributed by atoms with Crippen LogP contribution in [-0.2, 0) is 9.53 Å². The highest BCUT2D eigenvalue weighted by molar-refractivity contribution is 5.69. The highest BCUT2D eigenvalue weighted by Crippen LogP contribution is 2.65. The van der Waals surface area contributed by atoms with Crippen LogP contribution in [0.25, 0.3) is 0 Å². The molecule has 0 saturated heterocycles. The Bertz CT molecular complexity index is 603. The molecule has 4 fully saturated rings. The van der Waals surface area contributed by atoms with Crippen molar-refractivity contribution in [3.05, 3.63) is 0 Å². The second-order valence-corrected chi connectivity index (χ2v) is 11.8. The Morgan fingerprint density at radius 1 is 1.07 bits per heavy atom. The summed E-state index contributed by atoms with van der Waals surface area (Å²) in [5, 5.41) is 10.5. The van der Waals surface area contributed by atoms with Gasteiger partial charge < -0.3 is 9.84 Å². The van der Waals surface area contributed by atoms with Crippen LogP contribution in [0.2, 0.25) is 0 Å². The van der Waals surface area contributed by atoms with Crippen LogP contribution in [0.15, 0.2) is 0 Å². The molecule has 0 radical (unpaired) electrons. The number of aliphatic hydroxyl groups is 1. The van der Waals surface area contributed by atoms with Crippen LogP contribution in [0.3, 0.4) is 0 Å². The lowest BCUT2D eigenvalue weighted by molar-refractivity contribution is -0.141. The molecule has 0 spiro atoms. The number of hydrogen-bond donors (Lipinski definition) is 1. The van der Waals surface area contributed by atoms with E-state index in [1.54, 1.807) is 0 Å². The minimum Gasteiger partial charge on any atom is -0.469 e. The Balaban J connectivity index is 1.44. The molecule has 0 heterocycles. The Kier molecular flexibility index (Phi) is 6.88. The van der Waals surface area contributed by atoms with E-state index < -0.39 is 0 Å². The SMILES string of the molecule is CCC(O)C1CC[C@@H]2CC[C@@H]3[C@H](CC[C@]4(C)[C@@H]([C@H](C)CCC(=O)OC)CC[C@@H]34)[C@H]2C1. The molecule has 0 bridgehead atoms. The van der Waals surface area contributed by atoms with Crippen LogP contribution >= 0.6 is 0 Å². The topological polar surface area (TPSA) is 46.5 Å². The second kappa shape index (κ2) is 9.12.